The molecule has 3 fully saturated rings. The van der Waals surface area contributed by atoms with Crippen molar-refractivity contribution in [2.75, 3.05) is 26.2 Å². The molecule has 4 rings (SSSR count). The van der Waals surface area contributed by atoms with Gasteiger partial charge in [-0.1, -0.05) is 13.3 Å². The number of aromatic nitrogens is 2. The molecule has 0 spiro atoms. The Bertz CT molecular complexity index is 700. The van der Waals surface area contributed by atoms with Crippen molar-refractivity contribution in [3.63, 3.8) is 0 Å². The highest BCUT2D eigenvalue weighted by Gasteiger charge is 2.60. The number of aryl methyl sites for hydroxylation is 1. The summed E-state index contributed by atoms with van der Waals surface area (Å²) < 4.78 is 2.03. The second kappa shape index (κ2) is 8.86. The van der Waals surface area contributed by atoms with E-state index >= 15 is 0 Å². The lowest BCUT2D eigenvalue weighted by Gasteiger charge is -2.36. The molecule has 0 radical (unpaired) electrons. The van der Waals surface area contributed by atoms with Crippen LogP contribution in [0.2, 0.25) is 0 Å². The lowest BCUT2D eigenvalue weighted by molar-refractivity contribution is -0.137. The predicted molar refractivity (Wildman–Crippen MR) is 111 cm³/mol. The molecule has 1 aromatic heterocycles. The fourth-order valence-corrected chi connectivity index (χ4v) is 5.79. The van der Waals surface area contributed by atoms with Crippen LogP contribution in [0.5, 0.6) is 0 Å². The molecule has 3 aliphatic rings. The molecular weight excluding hydrogens is 366 g/mol. The molecule has 3 atom stereocenters. The number of hydrogen-bond donors (Lipinski definition) is 1. The lowest BCUT2D eigenvalue weighted by atomic mass is 9.71. The minimum atomic E-state index is -0.407. The van der Waals surface area contributed by atoms with E-state index in [4.69, 9.17) is 0 Å². The molecule has 1 N–H and O–H groups in total. The summed E-state index contributed by atoms with van der Waals surface area (Å²) >= 11 is 0. The monoisotopic (exact) mass is 401 g/mol. The Morgan fingerprint density at radius 3 is 2.76 bits per heavy atom. The summed E-state index contributed by atoms with van der Waals surface area (Å²) in [6.07, 6.45) is 13.7. The molecule has 29 heavy (non-hydrogen) atoms. The van der Waals surface area contributed by atoms with Gasteiger partial charge < -0.3 is 14.8 Å². The van der Waals surface area contributed by atoms with Crippen LogP contribution in [-0.2, 0) is 16.1 Å². The number of nitrogens with zero attached hydrogens (tertiary/aromatic N) is 4. The number of amides is 2. The van der Waals surface area contributed by atoms with Gasteiger partial charge in [0.1, 0.15) is 0 Å². The van der Waals surface area contributed by atoms with Crippen LogP contribution in [0.1, 0.15) is 58.3 Å². The number of imidazole rings is 1. The van der Waals surface area contributed by atoms with E-state index in [9.17, 15) is 9.59 Å². The number of rotatable bonds is 8. The first-order valence-corrected chi connectivity index (χ1v) is 11.4. The topological polar surface area (TPSA) is 70.5 Å². The normalized spacial score (nSPS) is 29.3. The van der Waals surface area contributed by atoms with E-state index in [0.29, 0.717) is 13.1 Å². The Labute approximate surface area is 173 Å². The molecule has 0 unspecified atom stereocenters. The summed E-state index contributed by atoms with van der Waals surface area (Å²) in [6, 6.07) is 0.317. The van der Waals surface area contributed by atoms with Crippen LogP contribution in [0.15, 0.2) is 18.7 Å². The van der Waals surface area contributed by atoms with Gasteiger partial charge >= 0.3 is 0 Å². The van der Waals surface area contributed by atoms with Crippen molar-refractivity contribution >= 4 is 11.8 Å². The maximum atomic E-state index is 13.2. The van der Waals surface area contributed by atoms with E-state index in [-0.39, 0.29) is 23.9 Å². The zero-order valence-electron chi connectivity index (χ0n) is 17.7. The number of fused-ring (bicyclic) bond motifs is 2. The summed E-state index contributed by atoms with van der Waals surface area (Å²) in [6.45, 7) is 6.22. The van der Waals surface area contributed by atoms with Gasteiger partial charge in [0.15, 0.2) is 0 Å². The number of carbonyl (C=O) groups excluding carboxylic acids is 2. The van der Waals surface area contributed by atoms with Gasteiger partial charge in [-0.05, 0) is 58.0 Å². The minimum Gasteiger partial charge on any atom is -0.355 e. The van der Waals surface area contributed by atoms with Crippen LogP contribution in [-0.4, -0.2) is 69.4 Å². The van der Waals surface area contributed by atoms with Crippen LogP contribution in [0.4, 0.5) is 0 Å². The molecule has 0 aromatic carbocycles. The maximum absolute atomic E-state index is 13.2. The van der Waals surface area contributed by atoms with Gasteiger partial charge in [-0.3, -0.25) is 14.5 Å². The molecule has 160 valence electrons. The largest absolute Gasteiger partial charge is 0.355 e. The van der Waals surface area contributed by atoms with Gasteiger partial charge in [0, 0.05) is 37.6 Å². The van der Waals surface area contributed by atoms with Gasteiger partial charge in [-0.15, -0.1) is 0 Å². The SMILES string of the molecule is CC[C@@]1(C(=O)NCCCn2ccnc2)C[C@@H]2CC[C@H]1N2C(=O)CN1CCCCC1. The third-order valence-electron chi connectivity index (χ3n) is 7.36. The molecule has 0 aliphatic carbocycles. The number of likely N-dealkylation sites (tertiary alicyclic amines) is 1. The fraction of sp³-hybridized carbons (Fsp3) is 0.773. The summed E-state index contributed by atoms with van der Waals surface area (Å²) in [4.78, 5) is 34.8. The van der Waals surface area contributed by atoms with E-state index in [2.05, 4.69) is 27.0 Å². The van der Waals surface area contributed by atoms with Gasteiger partial charge in [0.25, 0.3) is 0 Å². The number of nitrogens with one attached hydrogen (secondary N) is 1. The van der Waals surface area contributed by atoms with Crippen molar-refractivity contribution in [1.82, 2.24) is 24.7 Å². The zero-order valence-corrected chi connectivity index (χ0v) is 17.7. The predicted octanol–water partition coefficient (Wildman–Crippen LogP) is 2.04. The Morgan fingerprint density at radius 2 is 2.03 bits per heavy atom. The Hall–Kier alpha value is -1.89. The van der Waals surface area contributed by atoms with Crippen molar-refractivity contribution in [2.45, 2.75) is 76.9 Å². The van der Waals surface area contributed by atoms with E-state index < -0.39 is 5.41 Å². The van der Waals surface area contributed by atoms with E-state index in [1.54, 1.807) is 12.5 Å². The minimum absolute atomic E-state index is 0.0726. The Kier molecular flexibility index (Phi) is 6.23. The summed E-state index contributed by atoms with van der Waals surface area (Å²) in [5, 5.41) is 3.18. The maximum Gasteiger partial charge on any atom is 0.237 e. The Morgan fingerprint density at radius 1 is 1.21 bits per heavy atom. The summed E-state index contributed by atoms with van der Waals surface area (Å²) in [5.74, 6) is 0.385. The number of carbonyl (C=O) groups is 2. The third-order valence-corrected chi connectivity index (χ3v) is 7.36. The quantitative estimate of drug-likeness (QED) is 0.677. The van der Waals surface area contributed by atoms with Crippen LogP contribution < -0.4 is 5.32 Å². The highest BCUT2D eigenvalue weighted by atomic mass is 16.2. The highest BCUT2D eigenvalue weighted by Crippen LogP contribution is 2.52. The molecule has 3 saturated heterocycles. The van der Waals surface area contributed by atoms with Crippen molar-refractivity contribution in [1.29, 1.82) is 0 Å². The molecule has 1 aromatic rings. The van der Waals surface area contributed by atoms with Gasteiger partial charge in [0.05, 0.1) is 18.3 Å². The van der Waals surface area contributed by atoms with E-state index in [0.717, 1.165) is 51.7 Å². The molecule has 7 heteroatoms. The number of hydrogen-bond acceptors (Lipinski definition) is 4. The smallest absolute Gasteiger partial charge is 0.237 e. The highest BCUT2D eigenvalue weighted by molar-refractivity contribution is 5.87. The van der Waals surface area contributed by atoms with Crippen LogP contribution in [0.3, 0.4) is 0 Å². The molecular formula is C22H35N5O2. The average molecular weight is 402 g/mol. The number of piperidine rings is 1. The second-order valence-corrected chi connectivity index (χ2v) is 9.01. The van der Waals surface area contributed by atoms with Crippen molar-refractivity contribution in [3.05, 3.63) is 18.7 Å². The molecule has 0 saturated carbocycles. The molecule has 2 amide bonds. The van der Waals surface area contributed by atoms with Crippen LogP contribution in [0, 0.1) is 5.41 Å². The third kappa shape index (κ3) is 4.06. The van der Waals surface area contributed by atoms with Crippen LogP contribution >= 0.6 is 0 Å². The first kappa shape index (κ1) is 20.4. The molecule has 2 bridgehead atoms. The lowest BCUT2D eigenvalue weighted by Crippen LogP contribution is -2.51. The Balaban J connectivity index is 1.34. The van der Waals surface area contributed by atoms with Gasteiger partial charge in [-0.2, -0.15) is 0 Å². The van der Waals surface area contributed by atoms with Crippen molar-refractivity contribution in [3.8, 4) is 0 Å². The fourth-order valence-electron chi connectivity index (χ4n) is 5.79. The standard InChI is InChI=1S/C22H35N5O2/c1-2-22(21(29)24-9-6-13-26-14-10-23-17-26)15-18-7-8-19(22)27(18)20(28)16-25-11-4-3-5-12-25/h10,14,17-19H,2-9,11-13,15-16H2,1H3,(H,24,29)/t18-,19+,22+/m0/s1. The van der Waals surface area contributed by atoms with Gasteiger partial charge in [-0.25, -0.2) is 4.98 Å². The van der Waals surface area contributed by atoms with E-state index in [1.165, 1.54) is 19.3 Å². The van der Waals surface area contributed by atoms with Crippen molar-refractivity contribution in [2.24, 2.45) is 5.41 Å². The molecule has 3 aliphatic heterocycles. The molecule has 4 heterocycles. The summed E-state index contributed by atoms with van der Waals surface area (Å²) in [7, 11) is 0. The first-order valence-electron chi connectivity index (χ1n) is 11.4. The zero-order chi connectivity index (χ0) is 20.3. The van der Waals surface area contributed by atoms with E-state index in [1.807, 2.05) is 10.8 Å². The summed E-state index contributed by atoms with van der Waals surface area (Å²) in [5.41, 5.74) is -0.407. The molecule has 7 nitrogen and oxygen atoms in total. The second-order valence-electron chi connectivity index (χ2n) is 9.01. The van der Waals surface area contributed by atoms with Crippen molar-refractivity contribution < 1.29 is 9.59 Å². The van der Waals surface area contributed by atoms with Gasteiger partial charge in [0.2, 0.25) is 11.8 Å². The first-order chi connectivity index (χ1) is 14.1. The van der Waals surface area contributed by atoms with Crippen LogP contribution in [0.25, 0.3) is 0 Å². The average Bonchev–Trinajstić information content (AvgIpc) is 3.47.